The molecule has 6 atom stereocenters. The molecule has 1 aromatic carbocycles. The quantitative estimate of drug-likeness (QED) is 0.246. The molecule has 11 nitrogen and oxygen atoms in total. The Hall–Kier alpha value is -3.76. The molecule has 11 heteroatoms. The molecule has 5 amide bonds. The number of carbonyl (C=O) groups excluding carboxylic acids is 6. The summed E-state index contributed by atoms with van der Waals surface area (Å²) in [7, 11) is 0. The Balaban J connectivity index is 1.50. The van der Waals surface area contributed by atoms with Gasteiger partial charge in [0.1, 0.15) is 12.1 Å². The molecule has 1 saturated heterocycles. The molecule has 4 rings (SSSR count). The Labute approximate surface area is 265 Å². The van der Waals surface area contributed by atoms with Crippen molar-refractivity contribution in [2.45, 2.75) is 98.3 Å². The van der Waals surface area contributed by atoms with Crippen LogP contribution in [0.25, 0.3) is 0 Å². The number of ketones is 2. The van der Waals surface area contributed by atoms with Crippen molar-refractivity contribution in [3.63, 3.8) is 0 Å². The van der Waals surface area contributed by atoms with Gasteiger partial charge in [-0.1, -0.05) is 91.6 Å². The van der Waals surface area contributed by atoms with Crippen LogP contribution in [0.2, 0.25) is 0 Å². The van der Waals surface area contributed by atoms with Crippen molar-refractivity contribution in [1.82, 2.24) is 20.9 Å². The highest BCUT2D eigenvalue weighted by Gasteiger charge is 2.70. The van der Waals surface area contributed by atoms with Crippen LogP contribution in [0.15, 0.2) is 30.3 Å². The van der Waals surface area contributed by atoms with Crippen molar-refractivity contribution in [1.29, 1.82) is 0 Å². The normalized spacial score (nSPS) is 23.7. The van der Waals surface area contributed by atoms with Crippen molar-refractivity contribution < 1.29 is 28.8 Å². The molecule has 0 radical (unpaired) electrons. The number of Topliss-reactive ketones (excluding diaryl/α,β-unsaturated/α-hetero) is 2. The van der Waals surface area contributed by atoms with Gasteiger partial charge in [0.2, 0.25) is 17.6 Å². The third-order valence-electron chi connectivity index (χ3n) is 9.81. The van der Waals surface area contributed by atoms with Crippen molar-refractivity contribution >= 4 is 35.3 Å². The maximum atomic E-state index is 14.2. The van der Waals surface area contributed by atoms with E-state index >= 15 is 0 Å². The monoisotopic (exact) mass is 623 g/mol. The van der Waals surface area contributed by atoms with Gasteiger partial charge in [-0.05, 0) is 46.5 Å². The van der Waals surface area contributed by atoms with Gasteiger partial charge in [0.15, 0.2) is 5.78 Å². The summed E-state index contributed by atoms with van der Waals surface area (Å²) in [6.07, 6.45) is 2.33. The number of primary amides is 1. The first kappa shape index (κ1) is 34.1. The fourth-order valence-corrected chi connectivity index (χ4v) is 6.81. The zero-order valence-electron chi connectivity index (χ0n) is 27.5. The average Bonchev–Trinajstić information content (AvgIpc) is 3.80. The number of rotatable bonds is 13. The van der Waals surface area contributed by atoms with Gasteiger partial charge in [0.25, 0.3) is 5.91 Å². The van der Waals surface area contributed by atoms with Crippen LogP contribution in [0.1, 0.15) is 73.3 Å². The number of nitrogens with two attached hydrogens (primary N) is 1. The summed E-state index contributed by atoms with van der Waals surface area (Å²) in [6.45, 7) is 13.6. The van der Waals surface area contributed by atoms with Crippen LogP contribution in [-0.4, -0.2) is 70.9 Å². The van der Waals surface area contributed by atoms with E-state index in [2.05, 4.69) is 16.0 Å². The first-order valence-corrected chi connectivity index (χ1v) is 16.0. The highest BCUT2D eigenvalue weighted by Crippen LogP contribution is 2.65. The van der Waals surface area contributed by atoms with E-state index in [1.807, 2.05) is 78.8 Å². The molecule has 0 bridgehead atoms. The second-order valence-corrected chi connectivity index (χ2v) is 15.1. The number of urea groups is 1. The third-order valence-corrected chi connectivity index (χ3v) is 9.81. The molecule has 1 heterocycles. The Bertz CT molecular complexity index is 1330. The number of piperidine rings is 1. The predicted octanol–water partition coefficient (Wildman–Crippen LogP) is 2.36. The molecule has 2 aliphatic carbocycles. The van der Waals surface area contributed by atoms with Crippen molar-refractivity contribution in [2.75, 3.05) is 6.54 Å². The Morgan fingerprint density at radius 2 is 1.60 bits per heavy atom. The minimum absolute atomic E-state index is 0.0706. The number of benzene rings is 1. The summed E-state index contributed by atoms with van der Waals surface area (Å²) in [4.78, 5) is 80.4. The lowest BCUT2D eigenvalue weighted by atomic mass is 9.85. The highest BCUT2D eigenvalue weighted by atomic mass is 16.2. The lowest BCUT2D eigenvalue weighted by Crippen LogP contribution is -2.62. The number of hydrogen-bond donors (Lipinski definition) is 4. The number of hydrogen-bond acceptors (Lipinski definition) is 6. The van der Waals surface area contributed by atoms with Gasteiger partial charge in [-0.15, -0.1) is 0 Å². The minimum Gasteiger partial charge on any atom is -0.363 e. The maximum absolute atomic E-state index is 14.2. The zero-order valence-corrected chi connectivity index (χ0v) is 27.5. The highest BCUT2D eigenvalue weighted by molar-refractivity contribution is 6.37. The molecule has 2 unspecified atom stereocenters. The predicted molar refractivity (Wildman–Crippen MR) is 168 cm³/mol. The van der Waals surface area contributed by atoms with Crippen LogP contribution < -0.4 is 21.7 Å². The van der Waals surface area contributed by atoms with E-state index in [1.54, 1.807) is 0 Å². The van der Waals surface area contributed by atoms with Crippen LogP contribution in [-0.2, 0) is 30.4 Å². The van der Waals surface area contributed by atoms with Crippen LogP contribution in [0.4, 0.5) is 4.79 Å². The number of amides is 5. The first-order chi connectivity index (χ1) is 20.9. The van der Waals surface area contributed by atoms with Crippen molar-refractivity contribution in [2.24, 2.45) is 40.2 Å². The summed E-state index contributed by atoms with van der Waals surface area (Å²) >= 11 is 0. The lowest BCUT2D eigenvalue weighted by molar-refractivity contribution is -0.145. The van der Waals surface area contributed by atoms with E-state index in [-0.39, 0.29) is 41.3 Å². The number of likely N-dealkylation sites (tertiary alicyclic amines) is 1. The zero-order chi connectivity index (χ0) is 33.4. The van der Waals surface area contributed by atoms with Gasteiger partial charge in [-0.25, -0.2) is 4.79 Å². The molecule has 1 aliphatic heterocycles. The molecule has 2 saturated carbocycles. The second-order valence-electron chi connectivity index (χ2n) is 15.1. The molecule has 0 aromatic heterocycles. The van der Waals surface area contributed by atoms with E-state index < -0.39 is 59.1 Å². The molecule has 5 N–H and O–H groups in total. The average molecular weight is 624 g/mol. The summed E-state index contributed by atoms with van der Waals surface area (Å²) in [5, 5.41) is 8.37. The van der Waals surface area contributed by atoms with Crippen LogP contribution >= 0.6 is 0 Å². The van der Waals surface area contributed by atoms with E-state index in [0.29, 0.717) is 13.0 Å². The smallest absolute Gasteiger partial charge is 0.316 e. The van der Waals surface area contributed by atoms with Gasteiger partial charge in [-0.2, -0.15) is 0 Å². The number of carbonyl (C=O) groups is 6. The van der Waals surface area contributed by atoms with Gasteiger partial charge >= 0.3 is 6.03 Å². The number of nitrogens with zero attached hydrogens (tertiary/aromatic N) is 1. The van der Waals surface area contributed by atoms with Crippen molar-refractivity contribution in [3.8, 4) is 0 Å². The lowest BCUT2D eigenvalue weighted by Gasteiger charge is -2.38. The first-order valence-electron chi connectivity index (χ1n) is 16.0. The van der Waals surface area contributed by atoms with E-state index in [0.717, 1.165) is 18.4 Å². The molecular formula is C34H49N5O6. The standard InChI is InChI=1S/C34H49N5O6/c1-18(2)25(23(40)16-19-11-9-8-10-12-19)37-32(45)38-28(33(3,4)5)31(44)39-17-21-24(34(21,6)7)26(39)30(43)36-22(15-20-13-14-20)27(41)29(35)42/h8-12,18,20-22,24-26,28H,13-17H2,1-7H3,(H2,35,42)(H,36,43)(H2,37,38,45)/t21-,22?,24?,25-,26-,28+/m0/s1. The molecule has 0 spiro atoms. The summed E-state index contributed by atoms with van der Waals surface area (Å²) in [5.41, 5.74) is 5.20. The largest absolute Gasteiger partial charge is 0.363 e. The van der Waals surface area contributed by atoms with Gasteiger partial charge in [0.05, 0.1) is 12.1 Å². The summed E-state index contributed by atoms with van der Waals surface area (Å²) < 4.78 is 0. The van der Waals surface area contributed by atoms with Gasteiger partial charge in [-0.3, -0.25) is 24.0 Å². The Morgan fingerprint density at radius 1 is 0.978 bits per heavy atom. The van der Waals surface area contributed by atoms with E-state index in [4.69, 9.17) is 5.73 Å². The maximum Gasteiger partial charge on any atom is 0.316 e. The van der Waals surface area contributed by atoms with Gasteiger partial charge in [0, 0.05) is 13.0 Å². The van der Waals surface area contributed by atoms with E-state index in [1.165, 1.54) is 4.90 Å². The van der Waals surface area contributed by atoms with Crippen LogP contribution in [0, 0.1) is 34.5 Å². The summed E-state index contributed by atoms with van der Waals surface area (Å²) in [5.74, 6) is -3.02. The fourth-order valence-electron chi connectivity index (χ4n) is 6.81. The number of fused-ring (bicyclic) bond motifs is 1. The fraction of sp³-hybridized carbons (Fsp3) is 0.647. The van der Waals surface area contributed by atoms with Crippen LogP contribution in [0.3, 0.4) is 0 Å². The molecule has 1 aromatic rings. The number of nitrogens with one attached hydrogen (secondary N) is 3. The van der Waals surface area contributed by atoms with Crippen LogP contribution in [0.5, 0.6) is 0 Å². The Kier molecular flexibility index (Phi) is 9.80. The van der Waals surface area contributed by atoms with E-state index in [9.17, 15) is 28.8 Å². The SMILES string of the molecule is CC(C)[C@H](NC(=O)N[C@H](C(=O)N1C[C@H]2C([C@H]1C(=O)NC(CC1CC1)C(=O)C(N)=O)C2(C)C)C(C)(C)C)C(=O)Cc1ccccc1. The molecule has 45 heavy (non-hydrogen) atoms. The Morgan fingerprint density at radius 3 is 2.13 bits per heavy atom. The second kappa shape index (κ2) is 12.9. The molecular weight excluding hydrogens is 574 g/mol. The molecule has 3 aliphatic rings. The van der Waals surface area contributed by atoms with Crippen molar-refractivity contribution in [3.05, 3.63) is 35.9 Å². The molecule has 3 fully saturated rings. The van der Waals surface area contributed by atoms with Gasteiger partial charge < -0.3 is 26.6 Å². The topological polar surface area (TPSA) is 168 Å². The molecule has 246 valence electrons. The third kappa shape index (κ3) is 7.73. The minimum atomic E-state index is -1.10. The summed E-state index contributed by atoms with van der Waals surface area (Å²) in [6, 6.07) is 4.95.